The number of hydrogen-bond acceptors (Lipinski definition) is 9. The van der Waals surface area contributed by atoms with E-state index in [0.717, 1.165) is 11.1 Å². The molecular formula is C23H18N4O5S2. The molecule has 0 bridgehead atoms. The van der Waals surface area contributed by atoms with Crippen molar-refractivity contribution in [3.63, 3.8) is 0 Å². The van der Waals surface area contributed by atoms with Crippen LogP contribution in [-0.4, -0.2) is 32.3 Å². The number of ether oxygens (including phenoxy) is 1. The molecule has 1 aliphatic carbocycles. The molecule has 0 spiro atoms. The zero-order chi connectivity index (χ0) is 23.9. The summed E-state index contributed by atoms with van der Waals surface area (Å²) in [4.78, 5) is 34.1. The van der Waals surface area contributed by atoms with Crippen molar-refractivity contribution >= 4 is 50.1 Å². The number of rotatable bonds is 5. The van der Waals surface area contributed by atoms with Gasteiger partial charge in [-0.05, 0) is 49.7 Å². The Morgan fingerprint density at radius 2 is 1.97 bits per heavy atom. The number of anilines is 1. The minimum Gasteiger partial charge on any atom is -0.481 e. The maximum absolute atomic E-state index is 12.4. The van der Waals surface area contributed by atoms with Gasteiger partial charge in [-0.15, -0.1) is 0 Å². The van der Waals surface area contributed by atoms with E-state index in [1.54, 1.807) is 6.92 Å². The molecular weight excluding hydrogens is 476 g/mol. The van der Waals surface area contributed by atoms with Gasteiger partial charge < -0.3 is 14.4 Å². The molecule has 1 aromatic carbocycles. The fourth-order valence-electron chi connectivity index (χ4n) is 3.48. The van der Waals surface area contributed by atoms with Crippen molar-refractivity contribution in [1.82, 2.24) is 15.1 Å². The number of fused-ring (bicyclic) bond motifs is 1. The summed E-state index contributed by atoms with van der Waals surface area (Å²) in [5.74, 6) is 4.90. The lowest BCUT2D eigenvalue weighted by Gasteiger charge is -2.15. The Kier molecular flexibility index (Phi) is 5.55. The normalized spacial score (nSPS) is 14.8. The molecule has 172 valence electrons. The summed E-state index contributed by atoms with van der Waals surface area (Å²) < 4.78 is 10.4. The lowest BCUT2D eigenvalue weighted by Crippen LogP contribution is -2.18. The van der Waals surface area contributed by atoms with Crippen LogP contribution in [0, 0.1) is 18.8 Å². The fourth-order valence-corrected chi connectivity index (χ4v) is 5.61. The van der Waals surface area contributed by atoms with Gasteiger partial charge in [0.05, 0.1) is 0 Å². The van der Waals surface area contributed by atoms with Crippen molar-refractivity contribution in [2.45, 2.75) is 38.2 Å². The van der Waals surface area contributed by atoms with E-state index in [2.05, 4.69) is 32.3 Å². The van der Waals surface area contributed by atoms with Gasteiger partial charge in [0.15, 0.2) is 20.4 Å². The van der Waals surface area contributed by atoms with Crippen molar-refractivity contribution in [2.24, 2.45) is 0 Å². The second-order valence-electron chi connectivity index (χ2n) is 7.89. The fraction of sp³-hybridized carbons (Fsp3) is 0.261. The molecule has 4 aromatic rings. The van der Waals surface area contributed by atoms with Gasteiger partial charge in [0, 0.05) is 0 Å². The van der Waals surface area contributed by atoms with E-state index in [9.17, 15) is 14.7 Å². The second-order valence-corrected chi connectivity index (χ2v) is 9.85. The molecule has 1 saturated carbocycles. The molecule has 1 atom stereocenters. The van der Waals surface area contributed by atoms with Gasteiger partial charge in [-0.2, -0.15) is 0 Å². The zero-order valence-electron chi connectivity index (χ0n) is 18.1. The number of aryl methyl sites for hydroxylation is 1. The molecule has 2 N–H and O–H groups in total. The van der Waals surface area contributed by atoms with Crippen LogP contribution in [0.15, 0.2) is 35.1 Å². The van der Waals surface area contributed by atoms with E-state index < -0.39 is 23.6 Å². The molecule has 34 heavy (non-hydrogen) atoms. The molecule has 3 heterocycles. The lowest BCUT2D eigenvalue weighted by molar-refractivity contribution is -0.140. The number of carboxylic acids is 1. The largest absolute Gasteiger partial charge is 0.481 e. The van der Waals surface area contributed by atoms with Crippen molar-refractivity contribution in [3.05, 3.63) is 57.4 Å². The predicted molar refractivity (Wildman–Crippen MR) is 126 cm³/mol. The molecule has 11 heteroatoms. The van der Waals surface area contributed by atoms with Crippen LogP contribution in [0.5, 0.6) is 0 Å². The van der Waals surface area contributed by atoms with Crippen molar-refractivity contribution in [2.75, 3.05) is 5.32 Å². The quantitative estimate of drug-likeness (QED) is 0.376. The molecule has 0 radical (unpaired) electrons. The predicted octanol–water partition coefficient (Wildman–Crippen LogP) is 4.87. The highest BCUT2D eigenvalue weighted by atomic mass is 32.1. The third-order valence-electron chi connectivity index (χ3n) is 5.55. The van der Waals surface area contributed by atoms with Crippen LogP contribution in [0.1, 0.15) is 52.7 Å². The highest BCUT2D eigenvalue weighted by molar-refractivity contribution is 7.26. The number of thiazole rings is 2. The number of carbonyl (C=O) groups excluding carboxylic acids is 1. The average molecular weight is 495 g/mol. The van der Waals surface area contributed by atoms with Gasteiger partial charge >= 0.3 is 12.1 Å². The number of benzene rings is 1. The highest BCUT2D eigenvalue weighted by Gasteiger charge is 2.54. The van der Waals surface area contributed by atoms with Crippen LogP contribution in [0.2, 0.25) is 0 Å². The first-order chi connectivity index (χ1) is 16.4. The summed E-state index contributed by atoms with van der Waals surface area (Å²) in [6.07, 6.45) is 1.39. The molecule has 0 saturated heterocycles. The Balaban J connectivity index is 1.27. The van der Waals surface area contributed by atoms with Crippen LogP contribution in [0.4, 0.5) is 10.5 Å². The maximum Gasteiger partial charge on any atom is 0.412 e. The Morgan fingerprint density at radius 3 is 2.68 bits per heavy atom. The van der Waals surface area contributed by atoms with E-state index in [0.29, 0.717) is 32.5 Å². The number of amides is 1. The number of aromatic nitrogens is 3. The average Bonchev–Trinajstić information content (AvgIpc) is 3.12. The Labute approximate surface area is 201 Å². The molecule has 3 aromatic heterocycles. The summed E-state index contributed by atoms with van der Waals surface area (Å²) in [6.45, 7) is 3.75. The topological polar surface area (TPSA) is 127 Å². The summed E-state index contributed by atoms with van der Waals surface area (Å²) in [7, 11) is 0. The molecule has 5 rings (SSSR count). The first kappa shape index (κ1) is 22.1. The number of nitrogens with one attached hydrogen (secondary N) is 1. The smallest absolute Gasteiger partial charge is 0.412 e. The number of carbonyl (C=O) groups is 2. The third-order valence-corrected chi connectivity index (χ3v) is 7.70. The Morgan fingerprint density at radius 1 is 1.21 bits per heavy atom. The van der Waals surface area contributed by atoms with Gasteiger partial charge in [-0.25, -0.2) is 14.8 Å². The lowest BCUT2D eigenvalue weighted by atomic mass is 10.1. The third kappa shape index (κ3) is 4.13. The van der Waals surface area contributed by atoms with Gasteiger partial charge in [0.25, 0.3) is 0 Å². The van der Waals surface area contributed by atoms with Crippen LogP contribution in [-0.2, 0) is 14.9 Å². The molecule has 9 nitrogen and oxygen atoms in total. The summed E-state index contributed by atoms with van der Waals surface area (Å²) in [6, 6.07) is 7.68. The Hall–Kier alpha value is -3.75. The van der Waals surface area contributed by atoms with Crippen molar-refractivity contribution in [3.8, 4) is 11.8 Å². The number of aliphatic carboxylic acids is 1. The molecule has 1 fully saturated rings. The van der Waals surface area contributed by atoms with Crippen LogP contribution < -0.4 is 5.32 Å². The second kappa shape index (κ2) is 8.55. The van der Waals surface area contributed by atoms with Gasteiger partial charge in [0.1, 0.15) is 28.5 Å². The first-order valence-corrected chi connectivity index (χ1v) is 12.0. The van der Waals surface area contributed by atoms with Gasteiger partial charge in [-0.1, -0.05) is 52.1 Å². The minimum absolute atomic E-state index is 0.232. The van der Waals surface area contributed by atoms with Crippen molar-refractivity contribution < 1.29 is 24.0 Å². The van der Waals surface area contributed by atoms with Gasteiger partial charge in [0.2, 0.25) is 0 Å². The molecule has 1 amide bonds. The summed E-state index contributed by atoms with van der Waals surface area (Å²) in [5.41, 5.74) is 1.61. The van der Waals surface area contributed by atoms with E-state index in [4.69, 9.17) is 9.26 Å². The number of nitrogens with zero attached hydrogens (tertiary/aromatic N) is 3. The van der Waals surface area contributed by atoms with E-state index in [1.807, 2.05) is 31.2 Å². The standard InChI is InChI=1S/C23H18N4O5S2/c1-12-5-3-4-6-14(12)13(2)32-22(30)24-16-11-31-27-15(16)7-8-17-25-18-19(33-17)26-20(34-18)23(9-10-23)21(28)29/h3-6,11,13H,9-10H2,1-2H3,(H,24,30)(H,28,29). The highest BCUT2D eigenvalue weighted by Crippen LogP contribution is 2.50. The SMILES string of the molecule is Cc1ccccc1C(C)OC(=O)Nc1conc1C#Cc1nc2sc(C3(C(=O)O)CC3)nc2s1. The van der Waals surface area contributed by atoms with E-state index >= 15 is 0 Å². The van der Waals surface area contributed by atoms with Gasteiger partial charge in [-0.3, -0.25) is 10.1 Å². The van der Waals surface area contributed by atoms with E-state index in [1.165, 1.54) is 28.9 Å². The molecule has 1 unspecified atom stereocenters. The first-order valence-electron chi connectivity index (χ1n) is 10.4. The van der Waals surface area contributed by atoms with Crippen LogP contribution in [0.3, 0.4) is 0 Å². The maximum atomic E-state index is 12.4. The molecule has 1 aliphatic rings. The van der Waals surface area contributed by atoms with E-state index in [-0.39, 0.29) is 11.4 Å². The number of hydrogen-bond donors (Lipinski definition) is 2. The van der Waals surface area contributed by atoms with Crippen molar-refractivity contribution in [1.29, 1.82) is 0 Å². The molecule has 0 aliphatic heterocycles. The Bertz CT molecular complexity index is 1440. The summed E-state index contributed by atoms with van der Waals surface area (Å²) in [5, 5.41) is 17.0. The van der Waals surface area contributed by atoms with Crippen LogP contribution in [0.25, 0.3) is 9.66 Å². The minimum atomic E-state index is -0.844. The summed E-state index contributed by atoms with van der Waals surface area (Å²) >= 11 is 2.56. The monoisotopic (exact) mass is 494 g/mol. The number of carboxylic acid groups (broad SMARTS) is 1. The zero-order valence-corrected chi connectivity index (χ0v) is 19.7. The van der Waals surface area contributed by atoms with Crippen LogP contribution >= 0.6 is 22.7 Å².